The Bertz CT molecular complexity index is 938. The summed E-state index contributed by atoms with van der Waals surface area (Å²) in [4.78, 5) is 12.7. The number of anilines is 1. The molecule has 5 nitrogen and oxygen atoms in total. The standard InChI is InChI=1S/C21H26N2O3S/c1-3-20(17-12-11-15-7-4-5-8-16(15)13-17)22-21(24)18-9-6-10-19(14-18)23-27(2,25)26/h6,9-14,20,23H,3-5,7-8H2,1-2H3,(H,22,24)/t20-/m0/s1. The molecular formula is C21H26N2O3S. The quantitative estimate of drug-likeness (QED) is 0.792. The molecule has 2 N–H and O–H groups in total. The number of carbonyl (C=O) groups is 1. The summed E-state index contributed by atoms with van der Waals surface area (Å²) >= 11 is 0. The first-order valence-electron chi connectivity index (χ1n) is 9.36. The Kier molecular flexibility index (Phi) is 5.85. The zero-order chi connectivity index (χ0) is 19.4. The number of aryl methyl sites for hydroxylation is 2. The van der Waals surface area contributed by atoms with Gasteiger partial charge in [-0.05, 0) is 67.0 Å². The average Bonchev–Trinajstić information content (AvgIpc) is 2.64. The van der Waals surface area contributed by atoms with Crippen LogP contribution in [0.15, 0.2) is 42.5 Å². The molecule has 0 fully saturated rings. The molecule has 1 atom stereocenters. The smallest absolute Gasteiger partial charge is 0.251 e. The van der Waals surface area contributed by atoms with Gasteiger partial charge in [0.1, 0.15) is 0 Å². The van der Waals surface area contributed by atoms with Crippen LogP contribution < -0.4 is 10.0 Å². The monoisotopic (exact) mass is 386 g/mol. The molecule has 2 aromatic rings. The summed E-state index contributed by atoms with van der Waals surface area (Å²) in [5.74, 6) is -0.211. The number of carbonyl (C=O) groups excluding carboxylic acids is 1. The summed E-state index contributed by atoms with van der Waals surface area (Å²) in [5, 5.41) is 3.08. The Labute approximate surface area is 161 Å². The van der Waals surface area contributed by atoms with Gasteiger partial charge in [0.05, 0.1) is 12.3 Å². The minimum atomic E-state index is -3.38. The molecule has 6 heteroatoms. The Balaban J connectivity index is 1.76. The maximum Gasteiger partial charge on any atom is 0.251 e. The van der Waals surface area contributed by atoms with Gasteiger partial charge >= 0.3 is 0 Å². The van der Waals surface area contributed by atoms with Gasteiger partial charge in [-0.1, -0.05) is 31.2 Å². The number of rotatable bonds is 6. The highest BCUT2D eigenvalue weighted by Crippen LogP contribution is 2.26. The van der Waals surface area contributed by atoms with E-state index in [4.69, 9.17) is 0 Å². The fraction of sp³-hybridized carbons (Fsp3) is 0.381. The fourth-order valence-electron chi connectivity index (χ4n) is 3.57. The van der Waals surface area contributed by atoms with Gasteiger partial charge in [0.25, 0.3) is 5.91 Å². The van der Waals surface area contributed by atoms with Crippen LogP contribution in [0.2, 0.25) is 0 Å². The number of hydrogen-bond acceptors (Lipinski definition) is 3. The van der Waals surface area contributed by atoms with Crippen LogP contribution in [-0.4, -0.2) is 20.6 Å². The molecule has 0 saturated heterocycles. The van der Waals surface area contributed by atoms with E-state index >= 15 is 0 Å². The van der Waals surface area contributed by atoms with Gasteiger partial charge in [-0.15, -0.1) is 0 Å². The lowest BCUT2D eigenvalue weighted by Gasteiger charge is -2.22. The SMILES string of the molecule is CC[C@H](NC(=O)c1cccc(NS(C)(=O)=O)c1)c1ccc2c(c1)CCCC2. The van der Waals surface area contributed by atoms with Crippen LogP contribution in [0.5, 0.6) is 0 Å². The molecule has 27 heavy (non-hydrogen) atoms. The summed E-state index contributed by atoms with van der Waals surface area (Å²) in [6.07, 6.45) is 6.58. The van der Waals surface area contributed by atoms with Crippen molar-refractivity contribution in [2.75, 3.05) is 11.0 Å². The van der Waals surface area contributed by atoms with E-state index in [9.17, 15) is 13.2 Å². The number of nitrogens with one attached hydrogen (secondary N) is 2. The van der Waals surface area contributed by atoms with Crippen molar-refractivity contribution >= 4 is 21.6 Å². The van der Waals surface area contributed by atoms with Crippen LogP contribution in [0.1, 0.15) is 59.3 Å². The molecule has 0 unspecified atom stereocenters. The zero-order valence-corrected chi connectivity index (χ0v) is 16.6. The molecule has 0 saturated carbocycles. The molecule has 3 rings (SSSR count). The third-order valence-corrected chi connectivity index (χ3v) is 5.52. The van der Waals surface area contributed by atoms with Crippen LogP contribution in [0, 0.1) is 0 Å². The first kappa shape index (κ1) is 19.4. The number of fused-ring (bicyclic) bond motifs is 1. The van der Waals surface area contributed by atoms with Crippen molar-refractivity contribution in [3.8, 4) is 0 Å². The van der Waals surface area contributed by atoms with Crippen LogP contribution in [0.25, 0.3) is 0 Å². The minimum Gasteiger partial charge on any atom is -0.345 e. The molecule has 0 aliphatic heterocycles. The summed E-state index contributed by atoms with van der Waals surface area (Å²) in [7, 11) is -3.38. The Morgan fingerprint density at radius 1 is 1.07 bits per heavy atom. The van der Waals surface area contributed by atoms with E-state index in [1.54, 1.807) is 24.3 Å². The topological polar surface area (TPSA) is 75.3 Å². The van der Waals surface area contributed by atoms with Crippen molar-refractivity contribution in [1.29, 1.82) is 0 Å². The summed E-state index contributed by atoms with van der Waals surface area (Å²) in [6, 6.07) is 13.0. The molecule has 0 aromatic heterocycles. The lowest BCUT2D eigenvalue weighted by molar-refractivity contribution is 0.0935. The largest absolute Gasteiger partial charge is 0.345 e. The van der Waals surface area contributed by atoms with Crippen LogP contribution in [-0.2, 0) is 22.9 Å². The van der Waals surface area contributed by atoms with E-state index < -0.39 is 10.0 Å². The summed E-state index contributed by atoms with van der Waals surface area (Å²) in [6.45, 7) is 2.05. The Morgan fingerprint density at radius 3 is 2.52 bits per heavy atom. The first-order chi connectivity index (χ1) is 12.9. The predicted octanol–water partition coefficient (Wildman–Crippen LogP) is 3.82. The van der Waals surface area contributed by atoms with Gasteiger partial charge < -0.3 is 5.32 Å². The summed E-state index contributed by atoms with van der Waals surface area (Å²) < 4.78 is 25.2. The van der Waals surface area contributed by atoms with Crippen LogP contribution >= 0.6 is 0 Å². The van der Waals surface area contributed by atoms with E-state index in [0.717, 1.165) is 31.1 Å². The number of amides is 1. The van der Waals surface area contributed by atoms with Gasteiger partial charge in [0.15, 0.2) is 0 Å². The van der Waals surface area contributed by atoms with Crippen molar-refractivity contribution in [3.05, 3.63) is 64.7 Å². The molecule has 2 aromatic carbocycles. The molecule has 1 aliphatic carbocycles. The van der Waals surface area contributed by atoms with Crippen LogP contribution in [0.4, 0.5) is 5.69 Å². The van der Waals surface area contributed by atoms with E-state index in [0.29, 0.717) is 11.3 Å². The van der Waals surface area contributed by atoms with E-state index in [1.807, 2.05) is 6.92 Å². The fourth-order valence-corrected chi connectivity index (χ4v) is 4.13. The highest BCUT2D eigenvalue weighted by Gasteiger charge is 2.17. The second kappa shape index (κ2) is 8.13. The van der Waals surface area contributed by atoms with Crippen molar-refractivity contribution in [2.45, 2.75) is 45.1 Å². The van der Waals surface area contributed by atoms with Crippen molar-refractivity contribution < 1.29 is 13.2 Å². The second-order valence-electron chi connectivity index (χ2n) is 7.12. The molecule has 0 bridgehead atoms. The number of sulfonamides is 1. The molecule has 0 radical (unpaired) electrons. The van der Waals surface area contributed by atoms with Crippen molar-refractivity contribution in [1.82, 2.24) is 5.32 Å². The lowest BCUT2D eigenvalue weighted by Crippen LogP contribution is -2.28. The predicted molar refractivity (Wildman–Crippen MR) is 108 cm³/mol. The highest BCUT2D eigenvalue weighted by molar-refractivity contribution is 7.92. The molecule has 0 spiro atoms. The zero-order valence-electron chi connectivity index (χ0n) is 15.8. The van der Waals surface area contributed by atoms with Gasteiger partial charge in [0, 0.05) is 11.3 Å². The van der Waals surface area contributed by atoms with Crippen molar-refractivity contribution in [2.24, 2.45) is 0 Å². The average molecular weight is 387 g/mol. The van der Waals surface area contributed by atoms with E-state index in [1.165, 1.54) is 24.0 Å². The first-order valence-corrected chi connectivity index (χ1v) is 11.3. The van der Waals surface area contributed by atoms with Gasteiger partial charge in [0.2, 0.25) is 10.0 Å². The van der Waals surface area contributed by atoms with E-state index in [-0.39, 0.29) is 11.9 Å². The highest BCUT2D eigenvalue weighted by atomic mass is 32.2. The lowest BCUT2D eigenvalue weighted by atomic mass is 9.88. The van der Waals surface area contributed by atoms with Gasteiger partial charge in [-0.25, -0.2) is 8.42 Å². The number of hydrogen-bond donors (Lipinski definition) is 2. The molecule has 1 aliphatic rings. The Morgan fingerprint density at radius 2 is 1.81 bits per heavy atom. The van der Waals surface area contributed by atoms with Crippen LogP contribution in [0.3, 0.4) is 0 Å². The minimum absolute atomic E-state index is 0.0729. The third kappa shape index (κ3) is 5.10. The maximum absolute atomic E-state index is 12.7. The molecular weight excluding hydrogens is 360 g/mol. The molecule has 1 amide bonds. The second-order valence-corrected chi connectivity index (χ2v) is 8.87. The third-order valence-electron chi connectivity index (χ3n) is 4.92. The van der Waals surface area contributed by atoms with Gasteiger partial charge in [-0.2, -0.15) is 0 Å². The normalized spacial score (nSPS) is 14.9. The Hall–Kier alpha value is -2.34. The van der Waals surface area contributed by atoms with E-state index in [2.05, 4.69) is 28.2 Å². The molecule has 0 heterocycles. The van der Waals surface area contributed by atoms with Crippen molar-refractivity contribution in [3.63, 3.8) is 0 Å². The number of benzene rings is 2. The maximum atomic E-state index is 12.7. The summed E-state index contributed by atoms with van der Waals surface area (Å²) in [5.41, 5.74) is 4.75. The molecule has 144 valence electrons. The van der Waals surface area contributed by atoms with Gasteiger partial charge in [-0.3, -0.25) is 9.52 Å².